The second kappa shape index (κ2) is 11.2. The third kappa shape index (κ3) is 4.95. The van der Waals surface area contributed by atoms with Crippen molar-refractivity contribution in [2.45, 2.75) is 31.3 Å². The van der Waals surface area contributed by atoms with Crippen molar-refractivity contribution in [3.8, 4) is 17.3 Å². The molecule has 0 spiro atoms. The zero-order valence-electron chi connectivity index (χ0n) is 23.1. The second-order valence-electron chi connectivity index (χ2n) is 10.6. The lowest BCUT2D eigenvalue weighted by molar-refractivity contribution is -0.127. The van der Waals surface area contributed by atoms with E-state index in [4.69, 9.17) is 16.3 Å². The number of halogens is 2. The molecule has 11 heteroatoms. The zero-order valence-corrected chi connectivity index (χ0v) is 23.8. The minimum atomic E-state index is -0.605. The van der Waals surface area contributed by atoms with Gasteiger partial charge in [0.25, 0.3) is 0 Å². The number of anilines is 1. The molecule has 9 nitrogen and oxygen atoms in total. The highest BCUT2D eigenvalue weighted by molar-refractivity contribution is 6.36. The highest BCUT2D eigenvalue weighted by Crippen LogP contribution is 2.40. The topological polar surface area (TPSA) is 87.6 Å². The summed E-state index contributed by atoms with van der Waals surface area (Å²) in [6.45, 7) is 7.36. The summed E-state index contributed by atoms with van der Waals surface area (Å²) in [6, 6.07) is 5.58. The van der Waals surface area contributed by atoms with Gasteiger partial charge in [0, 0.05) is 53.0 Å². The van der Waals surface area contributed by atoms with Gasteiger partial charge in [-0.05, 0) is 51.5 Å². The van der Waals surface area contributed by atoms with Gasteiger partial charge in [0.05, 0.1) is 24.6 Å². The first kappa shape index (κ1) is 27.3. The van der Waals surface area contributed by atoms with E-state index in [1.165, 1.54) is 39.1 Å². The van der Waals surface area contributed by atoms with E-state index in [9.17, 15) is 4.79 Å². The van der Waals surface area contributed by atoms with Crippen LogP contribution in [0, 0.1) is 5.82 Å². The lowest BCUT2D eigenvalue weighted by atomic mass is 10.0. The summed E-state index contributed by atoms with van der Waals surface area (Å²) in [5.41, 5.74) is 0.675. The van der Waals surface area contributed by atoms with E-state index >= 15 is 4.39 Å². The van der Waals surface area contributed by atoms with Crippen molar-refractivity contribution in [3.63, 3.8) is 0 Å². The summed E-state index contributed by atoms with van der Waals surface area (Å²) in [5, 5.41) is 2.40. The molecule has 2 bridgehead atoms. The summed E-state index contributed by atoms with van der Waals surface area (Å²) in [7, 11) is 3.62. The van der Waals surface area contributed by atoms with E-state index in [0.717, 1.165) is 11.8 Å². The summed E-state index contributed by atoms with van der Waals surface area (Å²) in [5.74, 6) is -0.148. The second-order valence-corrected chi connectivity index (χ2v) is 11.1. The summed E-state index contributed by atoms with van der Waals surface area (Å²) in [6.07, 6.45) is 9.78. The molecule has 7 rings (SSSR count). The number of hydrogen-bond donors (Lipinski definition) is 0. The van der Waals surface area contributed by atoms with Crippen LogP contribution in [0.4, 0.5) is 10.2 Å². The van der Waals surface area contributed by atoms with Gasteiger partial charge in [-0.3, -0.25) is 14.8 Å². The van der Waals surface area contributed by atoms with E-state index in [1.807, 2.05) is 17.0 Å². The number of carbonyl (C=O) groups is 1. The van der Waals surface area contributed by atoms with Crippen molar-refractivity contribution in [2.75, 3.05) is 45.2 Å². The molecular formula is C30H31ClFN7O2. The number of aromatic nitrogens is 4. The number of pyridine rings is 2. The highest BCUT2D eigenvalue weighted by Gasteiger charge is 2.46. The van der Waals surface area contributed by atoms with E-state index in [0.29, 0.717) is 40.3 Å². The number of benzene rings is 1. The molecule has 6 heterocycles. The number of fused-ring (bicyclic) bond motifs is 4. The lowest BCUT2D eigenvalue weighted by Gasteiger charge is -2.34. The third-order valence-corrected chi connectivity index (χ3v) is 8.43. The highest BCUT2D eigenvalue weighted by atomic mass is 35.5. The molecular weight excluding hydrogens is 545 g/mol. The largest absolute Gasteiger partial charge is 0.467 e. The Morgan fingerprint density at radius 2 is 1.95 bits per heavy atom. The first-order valence-corrected chi connectivity index (χ1v) is 14.1. The standard InChI is InChI=1S/C25H20ClFN6O2.C5H11N/c1-3-19(34)32-11-15-7-14(32)12-33(15)24-17-10-29-22(21(27)23(17)30-25(31-24)35-2)16-9-28-8-13-5-4-6-18(26)20(13)16;1-6-4-2-3-5-6/h3-6,8-10,14-15H,1,7,11-12H2,2H3;2-5H2,1H3. The number of nitrogens with zero attached hydrogens (tertiary/aromatic N) is 7. The number of carbonyl (C=O) groups excluding carboxylic acids is 1. The maximum atomic E-state index is 16.0. The van der Waals surface area contributed by atoms with Crippen LogP contribution in [0.3, 0.4) is 0 Å². The normalized spacial score (nSPS) is 20.0. The molecule has 3 fully saturated rings. The molecule has 0 radical (unpaired) electrons. The molecule has 0 N–H and O–H groups in total. The Bertz CT molecular complexity index is 1640. The molecule has 212 valence electrons. The van der Waals surface area contributed by atoms with Crippen LogP contribution in [-0.2, 0) is 4.79 Å². The van der Waals surface area contributed by atoms with Crippen molar-refractivity contribution >= 4 is 45.0 Å². The fraction of sp³-hybridized carbons (Fsp3) is 0.367. The van der Waals surface area contributed by atoms with Crippen molar-refractivity contribution in [3.05, 3.63) is 60.3 Å². The van der Waals surface area contributed by atoms with Crippen molar-refractivity contribution in [1.29, 1.82) is 0 Å². The number of hydrogen-bond acceptors (Lipinski definition) is 8. The molecule has 1 amide bonds. The van der Waals surface area contributed by atoms with Gasteiger partial charge in [0.1, 0.15) is 17.0 Å². The molecule has 4 aromatic rings. The van der Waals surface area contributed by atoms with E-state index in [2.05, 4.69) is 43.4 Å². The number of methoxy groups -OCH3 is 1. The van der Waals surface area contributed by atoms with Gasteiger partial charge >= 0.3 is 6.01 Å². The minimum absolute atomic E-state index is 0.0440. The van der Waals surface area contributed by atoms with Gasteiger partial charge in [-0.15, -0.1) is 0 Å². The van der Waals surface area contributed by atoms with Gasteiger partial charge in [0.2, 0.25) is 5.91 Å². The fourth-order valence-corrected chi connectivity index (χ4v) is 6.36. The average molecular weight is 576 g/mol. The quantitative estimate of drug-likeness (QED) is 0.323. The fourth-order valence-electron chi connectivity index (χ4n) is 6.08. The first-order chi connectivity index (χ1) is 19.9. The minimum Gasteiger partial charge on any atom is -0.467 e. The Morgan fingerprint density at radius 1 is 1.15 bits per heavy atom. The first-order valence-electron chi connectivity index (χ1n) is 13.7. The van der Waals surface area contributed by atoms with Crippen LogP contribution < -0.4 is 9.64 Å². The maximum Gasteiger partial charge on any atom is 0.318 e. The van der Waals surface area contributed by atoms with Crippen LogP contribution in [-0.4, -0.2) is 88.1 Å². The molecule has 2 atom stereocenters. The summed E-state index contributed by atoms with van der Waals surface area (Å²) in [4.78, 5) is 36.0. The van der Waals surface area contributed by atoms with E-state index in [1.54, 1.807) is 24.7 Å². The number of ether oxygens (including phenoxy) is 1. The van der Waals surface area contributed by atoms with Gasteiger partial charge in [0.15, 0.2) is 5.82 Å². The van der Waals surface area contributed by atoms with Gasteiger partial charge in [-0.25, -0.2) is 4.39 Å². The van der Waals surface area contributed by atoms with Crippen LogP contribution in [0.2, 0.25) is 5.02 Å². The van der Waals surface area contributed by atoms with Crippen molar-refractivity contribution in [2.24, 2.45) is 0 Å². The summed E-state index contributed by atoms with van der Waals surface area (Å²) < 4.78 is 21.4. The Kier molecular flexibility index (Phi) is 7.44. The predicted molar refractivity (Wildman–Crippen MR) is 158 cm³/mol. The van der Waals surface area contributed by atoms with Crippen LogP contribution in [0.25, 0.3) is 32.9 Å². The Hall–Kier alpha value is -3.89. The average Bonchev–Trinajstić information content (AvgIpc) is 3.75. The Labute approximate surface area is 242 Å². The van der Waals surface area contributed by atoms with E-state index in [-0.39, 0.29) is 35.2 Å². The molecule has 3 aliphatic heterocycles. The maximum absolute atomic E-state index is 16.0. The van der Waals surface area contributed by atoms with Crippen LogP contribution in [0.1, 0.15) is 19.3 Å². The number of amides is 1. The van der Waals surface area contributed by atoms with Crippen LogP contribution >= 0.6 is 11.6 Å². The molecule has 3 aliphatic rings. The molecule has 2 unspecified atom stereocenters. The number of likely N-dealkylation sites (tertiary alicyclic amines) is 2. The molecule has 3 saturated heterocycles. The smallest absolute Gasteiger partial charge is 0.318 e. The van der Waals surface area contributed by atoms with Gasteiger partial charge in [-0.1, -0.05) is 30.3 Å². The van der Waals surface area contributed by atoms with Crippen LogP contribution in [0.5, 0.6) is 6.01 Å². The monoisotopic (exact) mass is 575 g/mol. The molecule has 3 aromatic heterocycles. The lowest BCUT2D eigenvalue weighted by Crippen LogP contribution is -2.48. The van der Waals surface area contributed by atoms with Crippen LogP contribution in [0.15, 0.2) is 49.4 Å². The van der Waals surface area contributed by atoms with Crippen molar-refractivity contribution in [1.82, 2.24) is 29.7 Å². The predicted octanol–water partition coefficient (Wildman–Crippen LogP) is 4.73. The summed E-state index contributed by atoms with van der Waals surface area (Å²) >= 11 is 6.46. The van der Waals surface area contributed by atoms with E-state index < -0.39 is 5.82 Å². The molecule has 0 aliphatic carbocycles. The number of piperazine rings is 1. The number of rotatable bonds is 4. The van der Waals surface area contributed by atoms with Crippen molar-refractivity contribution < 1.29 is 13.9 Å². The van der Waals surface area contributed by atoms with Gasteiger partial charge in [-0.2, -0.15) is 9.97 Å². The zero-order chi connectivity index (χ0) is 28.7. The molecule has 0 saturated carbocycles. The Balaban J connectivity index is 0.000000449. The van der Waals surface area contributed by atoms with Gasteiger partial charge < -0.3 is 19.4 Å². The SMILES string of the molecule is C=CC(=O)N1CC2CC1CN2c1nc(OC)nc2c(F)c(-c3cncc4cccc(Cl)c34)ncc12.CN1CCCC1. The Morgan fingerprint density at radius 3 is 2.61 bits per heavy atom. The third-order valence-electron chi connectivity index (χ3n) is 8.11. The molecule has 41 heavy (non-hydrogen) atoms. The molecule has 1 aromatic carbocycles.